The lowest BCUT2D eigenvalue weighted by molar-refractivity contribution is 0.994. The Morgan fingerprint density at radius 1 is 0.567 bits per heavy atom. The van der Waals surface area contributed by atoms with Gasteiger partial charge in [0, 0.05) is 34.9 Å². The first-order valence-corrected chi connectivity index (χ1v) is 10.4. The Bertz CT molecular complexity index is 1570. The zero-order valence-electron chi connectivity index (χ0n) is 15.7. The number of fused-ring (bicyclic) bond motifs is 4. The SMILES string of the molecule is Cn1c2cc3c(=O)c4c(Cl)cc(Cl)cc4n(C)c3cc2c(=O)c2c(Cl)cc(Cl)cc21. The van der Waals surface area contributed by atoms with Gasteiger partial charge in [-0.05, 0) is 36.4 Å². The van der Waals surface area contributed by atoms with E-state index >= 15 is 0 Å². The summed E-state index contributed by atoms with van der Waals surface area (Å²) >= 11 is 25.0. The van der Waals surface area contributed by atoms with E-state index in [2.05, 4.69) is 0 Å². The van der Waals surface area contributed by atoms with Crippen LogP contribution in [-0.4, -0.2) is 9.13 Å². The van der Waals surface area contributed by atoms with Crippen LogP contribution in [0.3, 0.4) is 0 Å². The van der Waals surface area contributed by atoms with Crippen LogP contribution in [0.2, 0.25) is 20.1 Å². The predicted molar refractivity (Wildman–Crippen MR) is 127 cm³/mol. The van der Waals surface area contributed by atoms with Crippen molar-refractivity contribution in [3.8, 4) is 0 Å². The van der Waals surface area contributed by atoms with Gasteiger partial charge in [-0.2, -0.15) is 0 Å². The van der Waals surface area contributed by atoms with Crippen molar-refractivity contribution in [3.63, 3.8) is 0 Å². The molecule has 150 valence electrons. The van der Waals surface area contributed by atoms with E-state index in [1.54, 1.807) is 50.5 Å². The molecular weight excluding hydrogens is 466 g/mol. The van der Waals surface area contributed by atoms with E-state index < -0.39 is 0 Å². The van der Waals surface area contributed by atoms with Gasteiger partial charge in [-0.1, -0.05) is 46.4 Å². The van der Waals surface area contributed by atoms with E-state index in [1.807, 2.05) is 9.13 Å². The Morgan fingerprint density at radius 2 is 0.933 bits per heavy atom. The van der Waals surface area contributed by atoms with Crippen molar-refractivity contribution in [2.75, 3.05) is 0 Å². The Balaban J connectivity index is 2.10. The summed E-state index contributed by atoms with van der Waals surface area (Å²) in [4.78, 5) is 26.6. The highest BCUT2D eigenvalue weighted by molar-refractivity contribution is 6.39. The lowest BCUT2D eigenvalue weighted by atomic mass is 10.0. The van der Waals surface area contributed by atoms with Crippen molar-refractivity contribution < 1.29 is 0 Å². The van der Waals surface area contributed by atoms with Gasteiger partial charge in [-0.3, -0.25) is 9.59 Å². The maximum absolute atomic E-state index is 13.3. The van der Waals surface area contributed by atoms with Gasteiger partial charge >= 0.3 is 0 Å². The highest BCUT2D eigenvalue weighted by Crippen LogP contribution is 2.32. The van der Waals surface area contributed by atoms with E-state index in [0.29, 0.717) is 53.7 Å². The fourth-order valence-corrected chi connectivity index (χ4v) is 5.26. The summed E-state index contributed by atoms with van der Waals surface area (Å²) in [6.45, 7) is 0. The van der Waals surface area contributed by atoms with E-state index in [0.717, 1.165) is 0 Å². The van der Waals surface area contributed by atoms with Crippen molar-refractivity contribution in [2.24, 2.45) is 14.1 Å². The lowest BCUT2D eigenvalue weighted by Gasteiger charge is -2.16. The average molecular weight is 478 g/mol. The second-order valence-electron chi connectivity index (χ2n) is 7.23. The second kappa shape index (κ2) is 6.63. The maximum atomic E-state index is 13.3. The number of halogens is 4. The molecule has 0 bridgehead atoms. The highest BCUT2D eigenvalue weighted by Gasteiger charge is 2.18. The third-order valence-electron chi connectivity index (χ3n) is 5.57. The normalized spacial score (nSPS) is 11.9. The molecule has 0 N–H and O–H groups in total. The molecule has 2 heterocycles. The molecule has 3 aromatic carbocycles. The monoisotopic (exact) mass is 476 g/mol. The van der Waals surface area contributed by atoms with Crippen molar-refractivity contribution in [2.45, 2.75) is 0 Å². The summed E-state index contributed by atoms with van der Waals surface area (Å²) in [7, 11) is 3.61. The number of rotatable bonds is 0. The van der Waals surface area contributed by atoms with Gasteiger partial charge in [0.1, 0.15) is 0 Å². The van der Waals surface area contributed by atoms with Crippen LogP contribution in [0.5, 0.6) is 0 Å². The summed E-state index contributed by atoms with van der Waals surface area (Å²) in [6, 6.07) is 9.90. The number of hydrogen-bond acceptors (Lipinski definition) is 2. The van der Waals surface area contributed by atoms with Crippen molar-refractivity contribution in [1.29, 1.82) is 0 Å². The molecule has 0 unspecified atom stereocenters. The highest BCUT2D eigenvalue weighted by atomic mass is 35.5. The average Bonchev–Trinajstić information content (AvgIpc) is 2.68. The fourth-order valence-electron chi connectivity index (χ4n) is 4.12. The van der Waals surface area contributed by atoms with Crippen molar-refractivity contribution in [1.82, 2.24) is 9.13 Å². The lowest BCUT2D eigenvalue weighted by Crippen LogP contribution is -2.14. The maximum Gasteiger partial charge on any atom is 0.198 e. The van der Waals surface area contributed by atoms with Gasteiger partial charge in [0.05, 0.1) is 42.9 Å². The van der Waals surface area contributed by atoms with Crippen LogP contribution in [0.1, 0.15) is 0 Å². The molecule has 0 saturated carbocycles. The minimum Gasteiger partial charge on any atom is -0.343 e. The summed E-state index contributed by atoms with van der Waals surface area (Å²) in [6.07, 6.45) is 0. The number of aromatic nitrogens is 2. The van der Waals surface area contributed by atoms with E-state index in [4.69, 9.17) is 46.4 Å². The number of benzene rings is 3. The summed E-state index contributed by atoms with van der Waals surface area (Å²) < 4.78 is 3.63. The van der Waals surface area contributed by atoms with Gasteiger partial charge in [-0.15, -0.1) is 0 Å². The molecular formula is C22H12Cl4N2O2. The van der Waals surface area contributed by atoms with E-state index in [1.165, 1.54) is 0 Å². The number of nitrogens with zero attached hydrogens (tertiary/aromatic N) is 2. The zero-order valence-corrected chi connectivity index (χ0v) is 18.7. The quantitative estimate of drug-likeness (QED) is 0.245. The van der Waals surface area contributed by atoms with Crippen LogP contribution in [0.4, 0.5) is 0 Å². The van der Waals surface area contributed by atoms with Gasteiger partial charge in [0.2, 0.25) is 0 Å². The minimum absolute atomic E-state index is 0.224. The largest absolute Gasteiger partial charge is 0.343 e. The summed E-state index contributed by atoms with van der Waals surface area (Å²) in [5, 5.41) is 3.08. The molecule has 0 aliphatic rings. The smallest absolute Gasteiger partial charge is 0.198 e. The molecule has 0 fully saturated rings. The Morgan fingerprint density at radius 3 is 1.30 bits per heavy atom. The first-order valence-electron chi connectivity index (χ1n) is 8.92. The third-order valence-corrected chi connectivity index (χ3v) is 6.60. The molecule has 30 heavy (non-hydrogen) atoms. The molecule has 0 spiro atoms. The Labute approximate surface area is 189 Å². The van der Waals surface area contributed by atoms with Gasteiger partial charge < -0.3 is 9.13 Å². The number of hydrogen-bond donors (Lipinski definition) is 0. The van der Waals surface area contributed by atoms with E-state index in [-0.39, 0.29) is 20.9 Å². The number of pyridine rings is 2. The molecule has 0 aliphatic carbocycles. The molecule has 8 heteroatoms. The molecule has 0 amide bonds. The van der Waals surface area contributed by atoms with Crippen molar-refractivity contribution in [3.05, 3.63) is 76.9 Å². The topological polar surface area (TPSA) is 44.0 Å². The van der Waals surface area contributed by atoms with Crippen LogP contribution in [-0.2, 0) is 14.1 Å². The first kappa shape index (κ1) is 19.7. The molecule has 5 aromatic rings. The molecule has 5 rings (SSSR count). The molecule has 0 radical (unpaired) electrons. The number of aryl methyl sites for hydroxylation is 2. The van der Waals surface area contributed by atoms with E-state index in [9.17, 15) is 9.59 Å². The van der Waals surface area contributed by atoms with Crippen LogP contribution < -0.4 is 10.9 Å². The third kappa shape index (κ3) is 2.61. The zero-order chi connectivity index (χ0) is 21.5. The fraction of sp³-hybridized carbons (Fsp3) is 0.0909. The Hall–Kier alpha value is -2.24. The first-order chi connectivity index (χ1) is 14.2. The summed E-state index contributed by atoms with van der Waals surface area (Å²) in [5.74, 6) is 0. The predicted octanol–water partition coefficient (Wildman–Crippen LogP) is 6.31. The van der Waals surface area contributed by atoms with Crippen LogP contribution in [0.25, 0.3) is 43.6 Å². The minimum atomic E-state index is -0.224. The van der Waals surface area contributed by atoms with Crippen LogP contribution in [0, 0.1) is 0 Å². The Kier molecular flexibility index (Phi) is 4.35. The molecule has 4 nitrogen and oxygen atoms in total. The molecule has 0 saturated heterocycles. The second-order valence-corrected chi connectivity index (χ2v) is 8.91. The van der Waals surface area contributed by atoms with Crippen LogP contribution >= 0.6 is 46.4 Å². The molecule has 0 aliphatic heterocycles. The van der Waals surface area contributed by atoms with Gasteiger partial charge in [-0.25, -0.2) is 0 Å². The molecule has 2 aromatic heterocycles. The standard InChI is InChI=1S/C22H12Cl4N2O2/c1-27-15-7-12-16(28(2)18-6-10(24)4-14(26)20(18)22(12)30)8-11(15)21(29)19-13(25)3-9(23)5-17(19)27/h3-8H,1-2H3. The van der Waals surface area contributed by atoms with Crippen LogP contribution in [0.15, 0.2) is 46.0 Å². The summed E-state index contributed by atoms with van der Waals surface area (Å²) in [5.41, 5.74) is 1.93. The molecule has 0 atom stereocenters. The van der Waals surface area contributed by atoms with Gasteiger partial charge in [0.25, 0.3) is 0 Å². The van der Waals surface area contributed by atoms with Crippen molar-refractivity contribution >= 4 is 90.0 Å². The van der Waals surface area contributed by atoms with Gasteiger partial charge in [0.15, 0.2) is 10.9 Å².